The van der Waals surface area contributed by atoms with Crippen LogP contribution in [0.25, 0.3) is 0 Å². The van der Waals surface area contributed by atoms with Gasteiger partial charge in [0.05, 0.1) is 12.2 Å². The van der Waals surface area contributed by atoms with E-state index in [9.17, 15) is 18.4 Å². The van der Waals surface area contributed by atoms with Crippen molar-refractivity contribution in [3.63, 3.8) is 0 Å². The summed E-state index contributed by atoms with van der Waals surface area (Å²) in [4.78, 5) is 26.7. The van der Waals surface area contributed by atoms with Crippen molar-refractivity contribution < 1.29 is 23.1 Å². The Balaban J connectivity index is 1.00. The number of hydrogen-bond donors (Lipinski definition) is 1. The third kappa shape index (κ3) is 4.97. The molecule has 5 nitrogen and oxygen atoms in total. The van der Waals surface area contributed by atoms with Gasteiger partial charge in [-0.25, -0.2) is 8.78 Å². The second-order valence-electron chi connectivity index (χ2n) is 11.4. The van der Waals surface area contributed by atoms with Gasteiger partial charge in [-0.1, -0.05) is 6.92 Å². The molecule has 0 aromatic carbocycles. The number of rotatable bonds is 8. The van der Waals surface area contributed by atoms with Crippen LogP contribution in [0.5, 0.6) is 0 Å². The Labute approximate surface area is 195 Å². The van der Waals surface area contributed by atoms with E-state index < -0.39 is 17.9 Å². The number of carbonyl (C=O) groups is 2. The third-order valence-corrected chi connectivity index (χ3v) is 8.53. The van der Waals surface area contributed by atoms with Crippen molar-refractivity contribution >= 4 is 11.8 Å². The molecule has 3 saturated carbocycles. The number of carbonyl (C=O) groups excluding carboxylic acids is 2. The highest BCUT2D eigenvalue weighted by molar-refractivity contribution is 5.95. The lowest BCUT2D eigenvalue weighted by Crippen LogP contribution is -2.50. The van der Waals surface area contributed by atoms with Gasteiger partial charge in [0.15, 0.2) is 5.83 Å². The largest absolute Gasteiger partial charge is 0.495 e. The van der Waals surface area contributed by atoms with Crippen LogP contribution in [-0.2, 0) is 14.3 Å². The molecule has 1 spiro atoms. The second-order valence-corrected chi connectivity index (χ2v) is 11.4. The van der Waals surface area contributed by atoms with Crippen LogP contribution in [0, 0.1) is 16.7 Å². The summed E-state index contributed by atoms with van der Waals surface area (Å²) in [6.45, 7) is 4.26. The van der Waals surface area contributed by atoms with E-state index >= 15 is 0 Å². The van der Waals surface area contributed by atoms with Crippen molar-refractivity contribution in [2.45, 2.75) is 89.8 Å². The molecule has 1 unspecified atom stereocenters. The second kappa shape index (κ2) is 8.70. The van der Waals surface area contributed by atoms with Crippen molar-refractivity contribution in [2.75, 3.05) is 19.7 Å². The zero-order valence-electron chi connectivity index (χ0n) is 19.6. The van der Waals surface area contributed by atoms with Crippen LogP contribution in [0.15, 0.2) is 23.2 Å². The summed E-state index contributed by atoms with van der Waals surface area (Å²) in [6, 6.07) is 0.113. The number of nitrogens with zero attached hydrogens (tertiary/aromatic N) is 1. The fourth-order valence-corrected chi connectivity index (χ4v) is 5.82. The number of hydrogen-bond acceptors (Lipinski definition) is 3. The van der Waals surface area contributed by atoms with Gasteiger partial charge in [-0.2, -0.15) is 0 Å². The minimum absolute atomic E-state index is 0.0250. The Morgan fingerprint density at radius 3 is 2.52 bits per heavy atom. The Kier molecular flexibility index (Phi) is 6.02. The van der Waals surface area contributed by atoms with E-state index in [0.717, 1.165) is 70.5 Å². The summed E-state index contributed by atoms with van der Waals surface area (Å²) in [5.74, 6) is -0.0926. The molecule has 0 aromatic heterocycles. The van der Waals surface area contributed by atoms with E-state index in [0.29, 0.717) is 23.8 Å². The van der Waals surface area contributed by atoms with Gasteiger partial charge >= 0.3 is 0 Å². The van der Waals surface area contributed by atoms with Crippen molar-refractivity contribution in [1.82, 2.24) is 10.2 Å². The van der Waals surface area contributed by atoms with Gasteiger partial charge in [0.1, 0.15) is 11.9 Å². The number of halogens is 2. The molecule has 2 amide bonds. The normalized spacial score (nSPS) is 28.3. The summed E-state index contributed by atoms with van der Waals surface area (Å²) in [5, 5.41) is 2.71. The molecule has 5 rings (SSSR count). The van der Waals surface area contributed by atoms with Gasteiger partial charge in [-0.3, -0.25) is 9.59 Å². The van der Waals surface area contributed by atoms with E-state index in [4.69, 9.17) is 4.74 Å². The molecular formula is C26H36F2N2O3. The zero-order valence-corrected chi connectivity index (χ0v) is 19.6. The molecule has 4 aliphatic carbocycles. The fraction of sp³-hybridized carbons (Fsp3) is 0.769. The van der Waals surface area contributed by atoms with Crippen molar-refractivity contribution in [3.8, 4) is 0 Å². The van der Waals surface area contributed by atoms with Crippen LogP contribution < -0.4 is 5.32 Å². The molecule has 33 heavy (non-hydrogen) atoms. The maximum atomic E-state index is 14.4. The molecule has 1 saturated heterocycles. The molecule has 0 radical (unpaired) electrons. The molecule has 0 aromatic rings. The molecule has 0 bridgehead atoms. The van der Waals surface area contributed by atoms with Crippen LogP contribution in [0.2, 0.25) is 0 Å². The summed E-state index contributed by atoms with van der Waals surface area (Å²) in [6.07, 6.45) is 9.63. The highest BCUT2D eigenvalue weighted by atomic mass is 19.1. The lowest BCUT2D eigenvalue weighted by atomic mass is 9.56. The van der Waals surface area contributed by atoms with Crippen LogP contribution in [0.3, 0.4) is 0 Å². The van der Waals surface area contributed by atoms with Crippen molar-refractivity contribution in [2.24, 2.45) is 16.7 Å². The highest BCUT2D eigenvalue weighted by Crippen LogP contribution is 2.55. The Morgan fingerprint density at radius 1 is 1.18 bits per heavy atom. The topological polar surface area (TPSA) is 58.6 Å². The predicted octanol–water partition coefficient (Wildman–Crippen LogP) is 4.73. The number of amides is 2. The first-order valence-corrected chi connectivity index (χ1v) is 12.7. The van der Waals surface area contributed by atoms with E-state index in [2.05, 4.69) is 17.1 Å². The van der Waals surface area contributed by atoms with Gasteiger partial charge in [0.2, 0.25) is 11.8 Å². The average molecular weight is 463 g/mol. The minimum atomic E-state index is -1.52. The molecule has 1 N–H and O–H groups in total. The molecule has 1 aliphatic heterocycles. The molecule has 1 atom stereocenters. The molecule has 5 aliphatic rings. The summed E-state index contributed by atoms with van der Waals surface area (Å²) in [7, 11) is 0. The van der Waals surface area contributed by atoms with Gasteiger partial charge in [-0.05, 0) is 81.6 Å². The maximum Gasteiger partial charge on any atom is 0.250 e. The van der Waals surface area contributed by atoms with Crippen molar-refractivity contribution in [3.05, 3.63) is 23.2 Å². The molecule has 182 valence electrons. The zero-order chi connectivity index (χ0) is 23.2. The van der Waals surface area contributed by atoms with E-state index in [1.165, 1.54) is 12.8 Å². The number of ether oxygens (including phenoxy) is 1. The van der Waals surface area contributed by atoms with E-state index in [1.807, 2.05) is 0 Å². The van der Waals surface area contributed by atoms with Gasteiger partial charge in [0.25, 0.3) is 0 Å². The number of piperidine rings is 1. The first kappa shape index (κ1) is 22.9. The third-order valence-electron chi connectivity index (χ3n) is 8.53. The monoisotopic (exact) mass is 462 g/mol. The van der Waals surface area contributed by atoms with E-state index in [1.54, 1.807) is 0 Å². The smallest absolute Gasteiger partial charge is 0.250 e. The molecular weight excluding hydrogens is 426 g/mol. The molecule has 4 fully saturated rings. The van der Waals surface area contributed by atoms with Gasteiger partial charge in [-0.15, -0.1) is 0 Å². The highest BCUT2D eigenvalue weighted by Gasteiger charge is 2.50. The molecule has 7 heteroatoms. The van der Waals surface area contributed by atoms with Crippen LogP contribution in [0.4, 0.5) is 8.78 Å². The molecule has 1 heterocycles. The SMILES string of the molecule is CC1(C(=O)N2CCC3(CC2)CC(CCCOC2=C(F)C=C(C(=O)NC4CC4)C(F)C2)C3)CC1. The van der Waals surface area contributed by atoms with Crippen LogP contribution in [0.1, 0.15) is 77.6 Å². The quantitative estimate of drug-likeness (QED) is 0.531. The summed E-state index contributed by atoms with van der Waals surface area (Å²) < 4.78 is 34.3. The number of nitrogens with one attached hydrogen (secondary N) is 1. The van der Waals surface area contributed by atoms with Crippen LogP contribution in [-0.4, -0.2) is 48.6 Å². The lowest BCUT2D eigenvalue weighted by molar-refractivity contribution is -0.140. The average Bonchev–Trinajstić information content (AvgIpc) is 3.70. The Bertz CT molecular complexity index is 859. The summed E-state index contributed by atoms with van der Waals surface area (Å²) >= 11 is 0. The fourth-order valence-electron chi connectivity index (χ4n) is 5.82. The van der Waals surface area contributed by atoms with Gasteiger partial charge in [0, 0.05) is 31.0 Å². The number of allylic oxidation sites excluding steroid dienone is 3. The van der Waals surface area contributed by atoms with Crippen molar-refractivity contribution in [1.29, 1.82) is 0 Å². The Morgan fingerprint density at radius 2 is 1.88 bits per heavy atom. The lowest BCUT2D eigenvalue weighted by Gasteiger charge is -2.52. The van der Waals surface area contributed by atoms with E-state index in [-0.39, 0.29) is 29.2 Å². The van der Waals surface area contributed by atoms with Crippen LogP contribution >= 0.6 is 0 Å². The standard InChI is InChI=1S/C26H36F2N2O3/c1-25(6-7-25)24(32)30-10-8-26(9-11-30)15-17(16-26)3-2-12-33-22-14-20(27)19(13-21(22)28)23(31)29-18-4-5-18/h13,17-18,20H,2-12,14-16H2,1H3,(H,29,31). The summed E-state index contributed by atoms with van der Waals surface area (Å²) in [5.41, 5.74) is 0.210. The first-order valence-electron chi connectivity index (χ1n) is 12.7. The number of likely N-dealkylation sites (tertiary alicyclic amines) is 1. The maximum absolute atomic E-state index is 14.4. The number of alkyl halides is 1. The Hall–Kier alpha value is -1.92. The van der Waals surface area contributed by atoms with Gasteiger partial charge < -0.3 is 15.0 Å². The predicted molar refractivity (Wildman–Crippen MR) is 120 cm³/mol. The minimum Gasteiger partial charge on any atom is -0.495 e. The first-order chi connectivity index (χ1) is 15.8.